The fourth-order valence-electron chi connectivity index (χ4n) is 2.90. The van der Waals surface area contributed by atoms with Crippen LogP contribution < -0.4 is 10.5 Å². The molecule has 2 rings (SSSR count). The van der Waals surface area contributed by atoms with E-state index < -0.39 is 10.2 Å². The van der Waals surface area contributed by atoms with Gasteiger partial charge >= 0.3 is 0 Å². The topological polar surface area (TPSA) is 108 Å². The number of nitrogens with two attached hydrogens (primary N) is 1. The monoisotopic (exact) mass is 290 g/mol. The average molecular weight is 290 g/mol. The fourth-order valence-corrected chi connectivity index (χ4v) is 4.45. The minimum Gasteiger partial charge on any atom is -0.409 e. The molecule has 0 spiro atoms. The number of piperidine rings is 1. The molecule has 2 aliphatic rings. The quantitative estimate of drug-likeness (QED) is 0.298. The largest absolute Gasteiger partial charge is 0.409 e. The van der Waals surface area contributed by atoms with Crippen LogP contribution in [0.3, 0.4) is 0 Å². The molecular weight excluding hydrogens is 268 g/mol. The first-order chi connectivity index (χ1) is 9.04. The standard InChI is InChI=1S/C11H22N4O3S/c12-11(13-16)9-5-4-6-10(9)14-19(17,18)15-7-2-1-3-8-15/h9-10,14,16H,1-8H2,(H2,12,13). The van der Waals surface area contributed by atoms with Crippen molar-refractivity contribution >= 4 is 16.0 Å². The second-order valence-electron chi connectivity index (χ2n) is 5.25. The second-order valence-corrected chi connectivity index (χ2v) is 6.95. The Morgan fingerprint density at radius 2 is 1.89 bits per heavy atom. The van der Waals surface area contributed by atoms with E-state index in [-0.39, 0.29) is 17.8 Å². The molecule has 0 aromatic carbocycles. The van der Waals surface area contributed by atoms with Crippen molar-refractivity contribution in [3.8, 4) is 0 Å². The van der Waals surface area contributed by atoms with E-state index in [4.69, 9.17) is 10.9 Å². The molecule has 4 N–H and O–H groups in total. The number of hydrogen-bond acceptors (Lipinski definition) is 4. The van der Waals surface area contributed by atoms with E-state index in [1.807, 2.05) is 0 Å². The summed E-state index contributed by atoms with van der Waals surface area (Å²) in [5, 5.41) is 11.7. The summed E-state index contributed by atoms with van der Waals surface area (Å²) in [6.45, 7) is 1.16. The zero-order chi connectivity index (χ0) is 13.9. The molecular formula is C11H22N4O3S. The van der Waals surface area contributed by atoms with E-state index in [2.05, 4.69) is 9.88 Å². The predicted octanol–water partition coefficient (Wildman–Crippen LogP) is 0.222. The molecule has 110 valence electrons. The van der Waals surface area contributed by atoms with Gasteiger partial charge in [0.1, 0.15) is 5.84 Å². The van der Waals surface area contributed by atoms with Crippen molar-refractivity contribution in [1.82, 2.24) is 9.03 Å². The van der Waals surface area contributed by atoms with Crippen molar-refractivity contribution in [3.05, 3.63) is 0 Å². The average Bonchev–Trinajstić information content (AvgIpc) is 2.86. The molecule has 0 radical (unpaired) electrons. The maximum atomic E-state index is 12.3. The highest BCUT2D eigenvalue weighted by Gasteiger charge is 2.35. The summed E-state index contributed by atoms with van der Waals surface area (Å²) in [6, 6.07) is -0.261. The molecule has 8 heteroatoms. The van der Waals surface area contributed by atoms with Crippen LogP contribution >= 0.6 is 0 Å². The van der Waals surface area contributed by atoms with Crippen LogP contribution in [0.15, 0.2) is 5.16 Å². The van der Waals surface area contributed by atoms with Gasteiger partial charge in [-0.15, -0.1) is 0 Å². The van der Waals surface area contributed by atoms with E-state index in [0.717, 1.165) is 38.5 Å². The molecule has 1 saturated heterocycles. The minimum absolute atomic E-state index is 0.115. The molecule has 1 saturated carbocycles. The van der Waals surface area contributed by atoms with Crippen LogP contribution in [0.4, 0.5) is 0 Å². The van der Waals surface area contributed by atoms with Gasteiger partial charge in [-0.1, -0.05) is 18.0 Å². The smallest absolute Gasteiger partial charge is 0.279 e. The van der Waals surface area contributed by atoms with Gasteiger partial charge in [-0.05, 0) is 25.7 Å². The number of nitrogens with one attached hydrogen (secondary N) is 1. The Kier molecular flexibility index (Phi) is 4.64. The van der Waals surface area contributed by atoms with Gasteiger partial charge in [0.15, 0.2) is 0 Å². The first-order valence-electron chi connectivity index (χ1n) is 6.79. The molecule has 0 aromatic rings. The Labute approximate surface area is 114 Å². The summed E-state index contributed by atoms with van der Waals surface area (Å²) < 4.78 is 28.8. The molecule has 0 amide bonds. The van der Waals surface area contributed by atoms with Crippen LogP contribution in [-0.4, -0.2) is 42.9 Å². The molecule has 2 fully saturated rings. The third kappa shape index (κ3) is 3.37. The van der Waals surface area contributed by atoms with Crippen LogP contribution in [0.5, 0.6) is 0 Å². The SMILES string of the molecule is NC(=NO)C1CCCC1NS(=O)(=O)N1CCCCC1. The van der Waals surface area contributed by atoms with Gasteiger partial charge in [0, 0.05) is 25.0 Å². The lowest BCUT2D eigenvalue weighted by Gasteiger charge is -2.29. The minimum atomic E-state index is -3.45. The molecule has 19 heavy (non-hydrogen) atoms. The Morgan fingerprint density at radius 3 is 2.53 bits per heavy atom. The first-order valence-corrected chi connectivity index (χ1v) is 8.23. The fraction of sp³-hybridized carbons (Fsp3) is 0.909. The van der Waals surface area contributed by atoms with Crippen LogP contribution in [0.1, 0.15) is 38.5 Å². The van der Waals surface area contributed by atoms with Gasteiger partial charge in [-0.3, -0.25) is 0 Å². The number of hydrogen-bond donors (Lipinski definition) is 3. The maximum Gasteiger partial charge on any atom is 0.279 e. The summed E-state index contributed by atoms with van der Waals surface area (Å²) in [7, 11) is -3.45. The van der Waals surface area contributed by atoms with Crippen molar-refractivity contribution in [3.63, 3.8) is 0 Å². The maximum absolute atomic E-state index is 12.3. The molecule has 2 atom stereocenters. The molecule has 1 heterocycles. The number of rotatable bonds is 4. The Bertz CT molecular complexity index is 431. The lowest BCUT2D eigenvalue weighted by molar-refractivity contribution is 0.311. The van der Waals surface area contributed by atoms with Crippen LogP contribution in [0.2, 0.25) is 0 Å². The van der Waals surface area contributed by atoms with E-state index in [9.17, 15) is 8.42 Å². The van der Waals surface area contributed by atoms with Gasteiger partial charge < -0.3 is 10.9 Å². The Morgan fingerprint density at radius 1 is 1.21 bits per heavy atom. The molecule has 0 bridgehead atoms. The van der Waals surface area contributed by atoms with Crippen molar-refractivity contribution in [2.24, 2.45) is 16.8 Å². The van der Waals surface area contributed by atoms with Crippen LogP contribution in [-0.2, 0) is 10.2 Å². The highest BCUT2D eigenvalue weighted by atomic mass is 32.2. The van der Waals surface area contributed by atoms with E-state index in [0.29, 0.717) is 13.1 Å². The summed E-state index contributed by atoms with van der Waals surface area (Å²) in [6.07, 6.45) is 5.28. The summed E-state index contributed by atoms with van der Waals surface area (Å²) in [5.41, 5.74) is 5.62. The number of nitrogens with zero attached hydrogens (tertiary/aromatic N) is 2. The van der Waals surface area contributed by atoms with Crippen molar-refractivity contribution in [2.45, 2.75) is 44.6 Å². The zero-order valence-corrected chi connectivity index (χ0v) is 11.8. The normalized spacial score (nSPS) is 30.6. The molecule has 1 aliphatic carbocycles. The van der Waals surface area contributed by atoms with Gasteiger partial charge in [0.05, 0.1) is 0 Å². The van der Waals surface area contributed by atoms with Crippen molar-refractivity contribution < 1.29 is 13.6 Å². The Balaban J connectivity index is 2.02. The second kappa shape index (κ2) is 6.06. The Hall–Kier alpha value is -0.860. The predicted molar refractivity (Wildman–Crippen MR) is 72.0 cm³/mol. The summed E-state index contributed by atoms with van der Waals surface area (Å²) >= 11 is 0. The van der Waals surface area contributed by atoms with Crippen molar-refractivity contribution in [1.29, 1.82) is 0 Å². The van der Waals surface area contributed by atoms with E-state index in [1.54, 1.807) is 0 Å². The number of oxime groups is 1. The van der Waals surface area contributed by atoms with Gasteiger partial charge in [0.25, 0.3) is 10.2 Å². The van der Waals surface area contributed by atoms with Gasteiger partial charge in [-0.25, -0.2) is 0 Å². The summed E-state index contributed by atoms with van der Waals surface area (Å²) in [5.74, 6) is -0.0894. The third-order valence-electron chi connectivity index (χ3n) is 3.97. The van der Waals surface area contributed by atoms with E-state index >= 15 is 0 Å². The molecule has 1 aliphatic heterocycles. The number of amidine groups is 1. The molecule has 2 unspecified atom stereocenters. The first kappa shape index (κ1) is 14.5. The lowest BCUT2D eigenvalue weighted by atomic mass is 10.0. The zero-order valence-electron chi connectivity index (χ0n) is 11.0. The summed E-state index contributed by atoms with van der Waals surface area (Å²) in [4.78, 5) is 0. The van der Waals surface area contributed by atoms with Gasteiger partial charge in [0.2, 0.25) is 0 Å². The van der Waals surface area contributed by atoms with Crippen molar-refractivity contribution in [2.75, 3.05) is 13.1 Å². The molecule has 7 nitrogen and oxygen atoms in total. The van der Waals surface area contributed by atoms with Crippen LogP contribution in [0, 0.1) is 5.92 Å². The lowest BCUT2D eigenvalue weighted by Crippen LogP contribution is -2.49. The van der Waals surface area contributed by atoms with Gasteiger partial charge in [-0.2, -0.15) is 17.4 Å². The highest BCUT2D eigenvalue weighted by Crippen LogP contribution is 2.27. The van der Waals surface area contributed by atoms with E-state index in [1.165, 1.54) is 4.31 Å². The third-order valence-corrected chi connectivity index (χ3v) is 5.61. The highest BCUT2D eigenvalue weighted by molar-refractivity contribution is 7.87. The molecule has 0 aromatic heterocycles. The van der Waals surface area contributed by atoms with Crippen LogP contribution in [0.25, 0.3) is 0 Å².